The van der Waals surface area contributed by atoms with Gasteiger partial charge in [-0.2, -0.15) is 0 Å². The first-order chi connectivity index (χ1) is 8.16. The van der Waals surface area contributed by atoms with Gasteiger partial charge in [0.15, 0.2) is 0 Å². The topological polar surface area (TPSA) is 67.6 Å². The molecule has 92 valence electrons. The summed E-state index contributed by atoms with van der Waals surface area (Å²) in [6.45, 7) is 4.65. The van der Waals surface area contributed by atoms with Crippen LogP contribution in [0, 0.1) is 17.0 Å². The number of anilines is 1. The molecule has 0 radical (unpaired) electrons. The minimum Gasteiger partial charge on any atom is -0.379 e. The second-order valence-corrected chi connectivity index (χ2v) is 3.97. The number of rotatable bonds is 3. The van der Waals surface area contributed by atoms with Crippen molar-refractivity contribution in [2.75, 3.05) is 31.7 Å². The minimum atomic E-state index is -0.361. The number of nitro groups is 1. The van der Waals surface area contributed by atoms with Crippen LogP contribution in [0.25, 0.3) is 0 Å². The van der Waals surface area contributed by atoms with E-state index in [2.05, 4.69) is 5.43 Å². The predicted octanol–water partition coefficient (Wildman–Crippen LogP) is 1.56. The van der Waals surface area contributed by atoms with Crippen LogP contribution in [0.15, 0.2) is 18.2 Å². The molecular formula is C11H15N3O3. The summed E-state index contributed by atoms with van der Waals surface area (Å²) >= 11 is 0. The van der Waals surface area contributed by atoms with Crippen molar-refractivity contribution in [2.24, 2.45) is 0 Å². The summed E-state index contributed by atoms with van der Waals surface area (Å²) < 4.78 is 5.23. The molecule has 17 heavy (non-hydrogen) atoms. The van der Waals surface area contributed by atoms with Crippen molar-refractivity contribution in [3.05, 3.63) is 33.9 Å². The molecule has 1 aromatic rings. The Morgan fingerprint density at radius 2 is 2.12 bits per heavy atom. The summed E-state index contributed by atoms with van der Waals surface area (Å²) in [7, 11) is 0. The van der Waals surface area contributed by atoms with E-state index in [-0.39, 0.29) is 10.6 Å². The van der Waals surface area contributed by atoms with Gasteiger partial charge in [-0.25, -0.2) is 5.01 Å². The van der Waals surface area contributed by atoms with Crippen molar-refractivity contribution in [1.82, 2.24) is 5.01 Å². The van der Waals surface area contributed by atoms with Crippen LogP contribution >= 0.6 is 0 Å². The van der Waals surface area contributed by atoms with Gasteiger partial charge in [0.2, 0.25) is 0 Å². The Bertz CT molecular complexity index is 416. The Morgan fingerprint density at radius 1 is 1.41 bits per heavy atom. The van der Waals surface area contributed by atoms with Crippen molar-refractivity contribution < 1.29 is 9.66 Å². The highest BCUT2D eigenvalue weighted by atomic mass is 16.6. The highest BCUT2D eigenvalue weighted by molar-refractivity contribution is 5.54. The summed E-state index contributed by atoms with van der Waals surface area (Å²) in [6.07, 6.45) is 0. The summed E-state index contributed by atoms with van der Waals surface area (Å²) in [4.78, 5) is 10.4. The maximum Gasteiger partial charge on any atom is 0.274 e. The molecule has 6 nitrogen and oxygen atoms in total. The van der Waals surface area contributed by atoms with Gasteiger partial charge in [-0.1, -0.05) is 6.07 Å². The van der Waals surface area contributed by atoms with E-state index < -0.39 is 0 Å². The Kier molecular flexibility index (Phi) is 3.55. The summed E-state index contributed by atoms with van der Waals surface area (Å²) in [5, 5.41) is 12.8. The monoisotopic (exact) mass is 237 g/mol. The number of hydrogen-bond donors (Lipinski definition) is 1. The molecule has 1 aliphatic heterocycles. The largest absolute Gasteiger partial charge is 0.379 e. The number of ether oxygens (including phenoxy) is 1. The van der Waals surface area contributed by atoms with Gasteiger partial charge in [0.05, 0.1) is 23.8 Å². The van der Waals surface area contributed by atoms with E-state index in [4.69, 9.17) is 4.74 Å². The molecule has 0 amide bonds. The first kappa shape index (κ1) is 11.8. The molecule has 0 bridgehead atoms. The number of benzene rings is 1. The number of aryl methyl sites for hydroxylation is 1. The maximum atomic E-state index is 10.8. The Hall–Kier alpha value is -1.66. The fourth-order valence-corrected chi connectivity index (χ4v) is 1.73. The SMILES string of the molecule is Cc1ccc(NN2CCOCC2)cc1[N+](=O)[O-]. The molecule has 1 aromatic carbocycles. The highest BCUT2D eigenvalue weighted by Crippen LogP contribution is 2.22. The third-order valence-corrected chi connectivity index (χ3v) is 2.70. The van der Waals surface area contributed by atoms with E-state index >= 15 is 0 Å². The van der Waals surface area contributed by atoms with Gasteiger partial charge in [0, 0.05) is 24.7 Å². The van der Waals surface area contributed by atoms with E-state index in [1.807, 2.05) is 11.1 Å². The Labute approximate surface area is 99.3 Å². The smallest absolute Gasteiger partial charge is 0.274 e. The normalized spacial score (nSPS) is 16.8. The number of nitro benzene ring substituents is 1. The summed E-state index contributed by atoms with van der Waals surface area (Å²) in [5.41, 5.74) is 4.70. The van der Waals surface area contributed by atoms with Crippen molar-refractivity contribution in [3.8, 4) is 0 Å². The van der Waals surface area contributed by atoms with Crippen LogP contribution in [-0.4, -0.2) is 36.2 Å². The molecule has 0 saturated carbocycles. The van der Waals surface area contributed by atoms with Crippen molar-refractivity contribution >= 4 is 11.4 Å². The summed E-state index contributed by atoms with van der Waals surface area (Å²) in [5.74, 6) is 0. The second-order valence-electron chi connectivity index (χ2n) is 3.97. The van der Waals surface area contributed by atoms with Crippen molar-refractivity contribution in [2.45, 2.75) is 6.92 Å². The molecule has 1 aliphatic rings. The van der Waals surface area contributed by atoms with Gasteiger partial charge >= 0.3 is 0 Å². The summed E-state index contributed by atoms with van der Waals surface area (Å²) in [6, 6.07) is 5.16. The molecule has 1 N–H and O–H groups in total. The number of nitrogens with zero attached hydrogens (tertiary/aromatic N) is 2. The van der Waals surface area contributed by atoms with Gasteiger partial charge in [-0.15, -0.1) is 0 Å². The lowest BCUT2D eigenvalue weighted by Crippen LogP contribution is -2.40. The third-order valence-electron chi connectivity index (χ3n) is 2.70. The zero-order chi connectivity index (χ0) is 12.3. The number of nitrogens with one attached hydrogen (secondary N) is 1. The lowest BCUT2D eigenvalue weighted by molar-refractivity contribution is -0.385. The third kappa shape index (κ3) is 2.92. The zero-order valence-electron chi connectivity index (χ0n) is 9.68. The van der Waals surface area contributed by atoms with Crippen LogP contribution in [0.1, 0.15) is 5.56 Å². The van der Waals surface area contributed by atoms with Crippen LogP contribution in [0.3, 0.4) is 0 Å². The van der Waals surface area contributed by atoms with Crippen LogP contribution < -0.4 is 5.43 Å². The average Bonchev–Trinajstić information content (AvgIpc) is 2.32. The van der Waals surface area contributed by atoms with Crippen LogP contribution in [0.5, 0.6) is 0 Å². The van der Waals surface area contributed by atoms with E-state index in [0.29, 0.717) is 18.8 Å². The van der Waals surface area contributed by atoms with Crippen LogP contribution in [0.2, 0.25) is 0 Å². The maximum absolute atomic E-state index is 10.8. The predicted molar refractivity (Wildman–Crippen MR) is 63.8 cm³/mol. The molecule has 0 atom stereocenters. The fraction of sp³-hybridized carbons (Fsp3) is 0.455. The molecule has 1 heterocycles. The van der Waals surface area contributed by atoms with E-state index in [9.17, 15) is 10.1 Å². The standard InChI is InChI=1S/C11H15N3O3/c1-9-2-3-10(8-11(9)14(15)16)12-13-4-6-17-7-5-13/h2-3,8,12H,4-7H2,1H3. The van der Waals surface area contributed by atoms with E-state index in [1.54, 1.807) is 19.1 Å². The van der Waals surface area contributed by atoms with Crippen LogP contribution in [0.4, 0.5) is 11.4 Å². The highest BCUT2D eigenvalue weighted by Gasteiger charge is 2.14. The molecular weight excluding hydrogens is 222 g/mol. The lowest BCUT2D eigenvalue weighted by Gasteiger charge is -2.27. The number of hydrazine groups is 1. The van der Waals surface area contributed by atoms with Crippen LogP contribution in [-0.2, 0) is 4.74 Å². The van der Waals surface area contributed by atoms with E-state index in [0.717, 1.165) is 18.8 Å². The first-order valence-electron chi connectivity index (χ1n) is 5.51. The fourth-order valence-electron chi connectivity index (χ4n) is 1.73. The molecule has 0 unspecified atom stereocenters. The van der Waals surface area contributed by atoms with Crippen molar-refractivity contribution in [1.29, 1.82) is 0 Å². The Morgan fingerprint density at radius 3 is 2.76 bits per heavy atom. The molecule has 1 fully saturated rings. The lowest BCUT2D eigenvalue weighted by atomic mass is 10.2. The first-order valence-corrected chi connectivity index (χ1v) is 5.51. The zero-order valence-corrected chi connectivity index (χ0v) is 9.68. The molecule has 0 aromatic heterocycles. The second kappa shape index (κ2) is 5.11. The molecule has 1 saturated heterocycles. The van der Waals surface area contributed by atoms with Gasteiger partial charge < -0.3 is 10.2 Å². The molecule has 0 aliphatic carbocycles. The van der Waals surface area contributed by atoms with E-state index in [1.165, 1.54) is 0 Å². The number of hydrogen-bond acceptors (Lipinski definition) is 5. The quantitative estimate of drug-likeness (QED) is 0.638. The van der Waals surface area contributed by atoms with Crippen molar-refractivity contribution in [3.63, 3.8) is 0 Å². The van der Waals surface area contributed by atoms with Gasteiger partial charge in [0.25, 0.3) is 5.69 Å². The van der Waals surface area contributed by atoms with Gasteiger partial charge in [-0.05, 0) is 13.0 Å². The molecule has 6 heteroatoms. The van der Waals surface area contributed by atoms with Gasteiger partial charge in [-0.3, -0.25) is 10.1 Å². The molecule has 0 spiro atoms. The number of morpholine rings is 1. The average molecular weight is 237 g/mol. The Balaban J connectivity index is 2.10. The minimum absolute atomic E-state index is 0.142. The molecule has 2 rings (SSSR count). The van der Waals surface area contributed by atoms with Gasteiger partial charge in [0.1, 0.15) is 0 Å².